The molecule has 2 rings (SSSR count). The second-order valence-corrected chi connectivity index (χ2v) is 4.37. The molecule has 1 aromatic carbocycles. The maximum absolute atomic E-state index is 10.7. The summed E-state index contributed by atoms with van der Waals surface area (Å²) in [6, 6.07) is 9.43. The van der Waals surface area contributed by atoms with Crippen molar-refractivity contribution in [2.45, 2.75) is 13.1 Å². The number of hydrogen-bond acceptors (Lipinski definition) is 5. The Morgan fingerprint density at radius 2 is 1.90 bits per heavy atom. The first kappa shape index (κ1) is 14.6. The lowest BCUT2D eigenvalue weighted by molar-refractivity contribution is -0.384. The quantitative estimate of drug-likeness (QED) is 0.621. The molecule has 2 N–H and O–H groups in total. The van der Waals surface area contributed by atoms with Crippen molar-refractivity contribution >= 4 is 11.7 Å². The maximum Gasteiger partial charge on any atom is 0.337 e. The number of carboxylic acid groups (broad SMARTS) is 1. The largest absolute Gasteiger partial charge is 0.478 e. The monoisotopic (exact) mass is 287 g/mol. The zero-order chi connectivity index (χ0) is 15.2. The number of carbonyl (C=O) groups is 1. The number of nitro groups is 1. The van der Waals surface area contributed by atoms with Crippen LogP contribution in [0.15, 0.2) is 42.6 Å². The summed E-state index contributed by atoms with van der Waals surface area (Å²) >= 11 is 0. The summed E-state index contributed by atoms with van der Waals surface area (Å²) in [5, 5.41) is 22.4. The molecule has 7 nitrogen and oxygen atoms in total. The van der Waals surface area contributed by atoms with Crippen LogP contribution >= 0.6 is 0 Å². The maximum atomic E-state index is 10.7. The fraction of sp³-hybridized carbons (Fsp3) is 0.143. The molecule has 0 atom stereocenters. The molecule has 0 spiro atoms. The molecule has 7 heteroatoms. The van der Waals surface area contributed by atoms with Gasteiger partial charge in [-0.15, -0.1) is 0 Å². The number of rotatable bonds is 6. The van der Waals surface area contributed by atoms with E-state index in [1.54, 1.807) is 18.2 Å². The lowest BCUT2D eigenvalue weighted by Gasteiger charge is -2.05. The Morgan fingerprint density at radius 3 is 2.43 bits per heavy atom. The summed E-state index contributed by atoms with van der Waals surface area (Å²) in [5.74, 6) is -1.01. The molecule has 1 aromatic heterocycles. The minimum Gasteiger partial charge on any atom is -0.478 e. The number of hydrogen-bond donors (Lipinski definition) is 2. The topological polar surface area (TPSA) is 105 Å². The zero-order valence-corrected chi connectivity index (χ0v) is 11.0. The highest BCUT2D eigenvalue weighted by atomic mass is 16.6. The fourth-order valence-corrected chi connectivity index (χ4v) is 1.73. The standard InChI is InChI=1S/C14H13N3O4/c18-14(19)11-3-4-12(16-8-11)9-15-7-10-1-5-13(6-2-10)17(20)21/h1-6,8,15H,7,9H2,(H,18,19). The molecular weight excluding hydrogens is 274 g/mol. The SMILES string of the molecule is O=C(O)c1ccc(CNCc2ccc([N+](=O)[O-])cc2)nc1. The van der Waals surface area contributed by atoms with E-state index in [4.69, 9.17) is 5.11 Å². The second kappa shape index (κ2) is 6.58. The Bertz CT molecular complexity index is 581. The van der Waals surface area contributed by atoms with Crippen LogP contribution in [0.1, 0.15) is 21.6 Å². The van der Waals surface area contributed by atoms with E-state index < -0.39 is 10.9 Å². The van der Waals surface area contributed by atoms with Crippen LogP contribution in [0.3, 0.4) is 0 Å². The summed E-state index contributed by atoms with van der Waals surface area (Å²) in [7, 11) is 0. The number of nitrogens with zero attached hydrogens (tertiary/aromatic N) is 2. The Kier molecular flexibility index (Phi) is 4.57. The minimum absolute atomic E-state index is 0.0599. The predicted octanol–water partition coefficient (Wildman–Crippen LogP) is 1.98. The molecule has 0 saturated heterocycles. The van der Waals surface area contributed by atoms with E-state index in [2.05, 4.69) is 10.3 Å². The van der Waals surface area contributed by atoms with E-state index in [0.717, 1.165) is 11.3 Å². The van der Waals surface area contributed by atoms with Gasteiger partial charge >= 0.3 is 5.97 Å². The highest BCUT2D eigenvalue weighted by Gasteiger charge is 2.04. The van der Waals surface area contributed by atoms with Gasteiger partial charge in [0.25, 0.3) is 5.69 Å². The van der Waals surface area contributed by atoms with Crippen LogP contribution < -0.4 is 5.32 Å². The number of nitro benzene ring substituents is 1. The predicted molar refractivity (Wildman–Crippen MR) is 74.8 cm³/mol. The third-order valence-electron chi connectivity index (χ3n) is 2.85. The van der Waals surface area contributed by atoms with Crippen LogP contribution in [-0.2, 0) is 13.1 Å². The van der Waals surface area contributed by atoms with Gasteiger partial charge in [0.15, 0.2) is 0 Å². The van der Waals surface area contributed by atoms with Crippen molar-refractivity contribution in [2.24, 2.45) is 0 Å². The molecule has 0 saturated carbocycles. The van der Waals surface area contributed by atoms with Crippen LogP contribution in [0, 0.1) is 10.1 Å². The fourth-order valence-electron chi connectivity index (χ4n) is 1.73. The average molecular weight is 287 g/mol. The van der Waals surface area contributed by atoms with E-state index >= 15 is 0 Å². The first-order chi connectivity index (χ1) is 10.1. The van der Waals surface area contributed by atoms with Crippen LogP contribution in [-0.4, -0.2) is 21.0 Å². The molecule has 0 aliphatic heterocycles. The van der Waals surface area contributed by atoms with E-state index in [-0.39, 0.29) is 11.3 Å². The Balaban J connectivity index is 1.86. The van der Waals surface area contributed by atoms with E-state index in [1.807, 2.05) is 0 Å². The van der Waals surface area contributed by atoms with Crippen molar-refractivity contribution in [3.05, 3.63) is 69.5 Å². The first-order valence-electron chi connectivity index (χ1n) is 6.18. The van der Waals surface area contributed by atoms with Gasteiger partial charge in [0.2, 0.25) is 0 Å². The molecule has 0 fully saturated rings. The number of non-ortho nitro benzene ring substituents is 1. The summed E-state index contributed by atoms with van der Waals surface area (Å²) in [4.78, 5) is 24.8. The van der Waals surface area contributed by atoms with E-state index in [9.17, 15) is 14.9 Å². The molecule has 0 radical (unpaired) electrons. The lowest BCUT2D eigenvalue weighted by atomic mass is 10.2. The molecular formula is C14H13N3O4. The van der Waals surface area contributed by atoms with Gasteiger partial charge in [-0.1, -0.05) is 12.1 Å². The summed E-state index contributed by atoms with van der Waals surface area (Å²) < 4.78 is 0. The summed E-state index contributed by atoms with van der Waals surface area (Å²) in [6.07, 6.45) is 1.31. The molecule has 0 unspecified atom stereocenters. The van der Waals surface area contributed by atoms with Crippen molar-refractivity contribution in [1.29, 1.82) is 0 Å². The molecule has 0 bridgehead atoms. The first-order valence-corrected chi connectivity index (χ1v) is 6.18. The van der Waals surface area contributed by atoms with Crippen molar-refractivity contribution in [1.82, 2.24) is 10.3 Å². The number of aromatic nitrogens is 1. The number of aromatic carboxylic acids is 1. The van der Waals surface area contributed by atoms with Gasteiger partial charge in [-0.05, 0) is 17.7 Å². The van der Waals surface area contributed by atoms with Crippen LogP contribution in [0.4, 0.5) is 5.69 Å². The third-order valence-corrected chi connectivity index (χ3v) is 2.85. The van der Waals surface area contributed by atoms with Gasteiger partial charge in [0.1, 0.15) is 0 Å². The van der Waals surface area contributed by atoms with Gasteiger partial charge in [-0.3, -0.25) is 15.1 Å². The van der Waals surface area contributed by atoms with E-state index in [0.29, 0.717) is 13.1 Å². The normalized spacial score (nSPS) is 10.3. The zero-order valence-electron chi connectivity index (χ0n) is 11.0. The van der Waals surface area contributed by atoms with Crippen molar-refractivity contribution < 1.29 is 14.8 Å². The smallest absolute Gasteiger partial charge is 0.337 e. The third kappa shape index (κ3) is 4.08. The van der Waals surface area contributed by atoms with Gasteiger partial charge < -0.3 is 10.4 Å². The molecule has 0 aliphatic carbocycles. The second-order valence-electron chi connectivity index (χ2n) is 4.37. The Morgan fingerprint density at radius 1 is 1.19 bits per heavy atom. The van der Waals surface area contributed by atoms with Gasteiger partial charge in [-0.2, -0.15) is 0 Å². The molecule has 108 valence electrons. The summed E-state index contributed by atoms with van der Waals surface area (Å²) in [5.41, 5.74) is 1.85. The van der Waals surface area contributed by atoms with Crippen molar-refractivity contribution in [3.63, 3.8) is 0 Å². The number of carboxylic acids is 1. The van der Waals surface area contributed by atoms with Crippen LogP contribution in [0.2, 0.25) is 0 Å². The van der Waals surface area contributed by atoms with Gasteiger partial charge in [0, 0.05) is 31.4 Å². The van der Waals surface area contributed by atoms with Crippen molar-refractivity contribution in [2.75, 3.05) is 0 Å². The molecule has 2 aromatic rings. The van der Waals surface area contributed by atoms with Crippen LogP contribution in [0.25, 0.3) is 0 Å². The summed E-state index contributed by atoms with van der Waals surface area (Å²) in [6.45, 7) is 1.03. The average Bonchev–Trinajstić information content (AvgIpc) is 2.48. The number of nitrogens with one attached hydrogen (secondary N) is 1. The molecule has 1 heterocycles. The number of benzene rings is 1. The molecule has 21 heavy (non-hydrogen) atoms. The minimum atomic E-state index is -1.01. The van der Waals surface area contributed by atoms with E-state index in [1.165, 1.54) is 24.4 Å². The van der Waals surface area contributed by atoms with Crippen LogP contribution in [0.5, 0.6) is 0 Å². The lowest BCUT2D eigenvalue weighted by Crippen LogP contribution is -2.14. The molecule has 0 aliphatic rings. The highest BCUT2D eigenvalue weighted by Crippen LogP contribution is 2.11. The Labute approximate surface area is 120 Å². The molecule has 0 amide bonds. The number of pyridine rings is 1. The van der Waals surface area contributed by atoms with Crippen molar-refractivity contribution in [3.8, 4) is 0 Å². The highest BCUT2D eigenvalue weighted by molar-refractivity contribution is 5.87. The Hall–Kier alpha value is -2.80. The van der Waals surface area contributed by atoms with Gasteiger partial charge in [-0.25, -0.2) is 4.79 Å². The van der Waals surface area contributed by atoms with Gasteiger partial charge in [0.05, 0.1) is 16.2 Å².